The van der Waals surface area contributed by atoms with E-state index in [-0.39, 0.29) is 5.56 Å². The molecule has 5 heteroatoms. The van der Waals surface area contributed by atoms with Gasteiger partial charge in [-0.15, -0.1) is 0 Å². The topological polar surface area (TPSA) is 38.3 Å². The van der Waals surface area contributed by atoms with Crippen LogP contribution in [0.1, 0.15) is 23.7 Å². The smallest absolute Gasteiger partial charge is 0.258 e. The quantitative estimate of drug-likeness (QED) is 0.904. The van der Waals surface area contributed by atoms with Gasteiger partial charge in [-0.05, 0) is 42.8 Å². The highest BCUT2D eigenvalue weighted by Gasteiger charge is 2.12. The highest BCUT2D eigenvalue weighted by atomic mass is 19.1. The molecule has 0 saturated heterocycles. The van der Waals surface area contributed by atoms with Crippen LogP contribution in [-0.2, 0) is 0 Å². The van der Waals surface area contributed by atoms with Crippen LogP contribution in [0.15, 0.2) is 42.5 Å². The van der Waals surface area contributed by atoms with E-state index in [0.717, 1.165) is 18.6 Å². The zero-order valence-corrected chi connectivity index (χ0v) is 11.5. The van der Waals surface area contributed by atoms with Crippen molar-refractivity contribution in [1.29, 1.82) is 0 Å². The van der Waals surface area contributed by atoms with Crippen molar-refractivity contribution in [3.05, 3.63) is 59.7 Å². The van der Waals surface area contributed by atoms with Crippen LogP contribution in [0, 0.1) is 11.6 Å². The average Bonchev–Trinajstić information content (AvgIpc) is 2.46. The largest absolute Gasteiger partial charge is 0.494 e. The van der Waals surface area contributed by atoms with Gasteiger partial charge < -0.3 is 10.1 Å². The second kappa shape index (κ2) is 6.83. The number of amides is 1. The minimum atomic E-state index is -0.893. The Bertz CT molecular complexity index is 627. The lowest BCUT2D eigenvalue weighted by molar-refractivity contribution is 0.102. The molecule has 21 heavy (non-hydrogen) atoms. The molecule has 0 bridgehead atoms. The van der Waals surface area contributed by atoms with Crippen molar-refractivity contribution in [2.75, 3.05) is 11.9 Å². The second-order valence-corrected chi connectivity index (χ2v) is 4.45. The van der Waals surface area contributed by atoms with Crippen LogP contribution in [0.3, 0.4) is 0 Å². The van der Waals surface area contributed by atoms with E-state index in [9.17, 15) is 13.6 Å². The van der Waals surface area contributed by atoms with Crippen LogP contribution >= 0.6 is 0 Å². The summed E-state index contributed by atoms with van der Waals surface area (Å²) in [6.45, 7) is 2.62. The lowest BCUT2D eigenvalue weighted by atomic mass is 10.2. The van der Waals surface area contributed by atoms with Gasteiger partial charge in [-0.2, -0.15) is 0 Å². The monoisotopic (exact) mass is 291 g/mol. The summed E-state index contributed by atoms with van der Waals surface area (Å²) in [6, 6.07) is 9.57. The van der Waals surface area contributed by atoms with Gasteiger partial charge >= 0.3 is 0 Å². The Balaban J connectivity index is 2.05. The predicted octanol–water partition coefficient (Wildman–Crippen LogP) is 4.01. The Morgan fingerprint density at radius 3 is 2.48 bits per heavy atom. The summed E-state index contributed by atoms with van der Waals surface area (Å²) >= 11 is 0. The molecule has 2 aromatic carbocycles. The summed E-state index contributed by atoms with van der Waals surface area (Å²) in [7, 11) is 0. The summed E-state index contributed by atoms with van der Waals surface area (Å²) in [5, 5.41) is 2.54. The average molecular weight is 291 g/mol. The maximum absolute atomic E-state index is 13.5. The first-order valence-corrected chi connectivity index (χ1v) is 6.59. The van der Waals surface area contributed by atoms with Crippen molar-refractivity contribution in [1.82, 2.24) is 0 Å². The molecule has 0 saturated carbocycles. The fourth-order valence-corrected chi connectivity index (χ4v) is 1.73. The third-order valence-electron chi connectivity index (χ3n) is 2.76. The molecule has 3 nitrogen and oxygen atoms in total. The lowest BCUT2D eigenvalue weighted by Crippen LogP contribution is -2.13. The number of carbonyl (C=O) groups is 1. The number of hydrogen-bond donors (Lipinski definition) is 1. The third-order valence-corrected chi connectivity index (χ3v) is 2.76. The Hall–Kier alpha value is -2.43. The summed E-state index contributed by atoms with van der Waals surface area (Å²) in [4.78, 5) is 11.9. The molecule has 0 aliphatic heterocycles. The van der Waals surface area contributed by atoms with E-state index in [4.69, 9.17) is 4.74 Å². The van der Waals surface area contributed by atoms with Gasteiger partial charge in [0.25, 0.3) is 5.91 Å². The fraction of sp³-hybridized carbons (Fsp3) is 0.188. The molecule has 0 fully saturated rings. The van der Waals surface area contributed by atoms with E-state index >= 15 is 0 Å². The van der Waals surface area contributed by atoms with E-state index in [1.54, 1.807) is 24.3 Å². The third kappa shape index (κ3) is 4.02. The standard InChI is InChI=1S/C16H15F2NO2/c1-2-9-21-13-6-4-12(5-7-13)19-16(20)14-8-3-11(17)10-15(14)18/h3-8,10H,2,9H2,1H3,(H,19,20). The van der Waals surface area contributed by atoms with Gasteiger partial charge in [0, 0.05) is 11.8 Å². The van der Waals surface area contributed by atoms with Crippen LogP contribution in [-0.4, -0.2) is 12.5 Å². The minimum Gasteiger partial charge on any atom is -0.494 e. The van der Waals surface area contributed by atoms with E-state index in [1.165, 1.54) is 0 Å². The molecule has 1 N–H and O–H groups in total. The zero-order valence-electron chi connectivity index (χ0n) is 11.5. The highest BCUT2D eigenvalue weighted by molar-refractivity contribution is 6.04. The maximum Gasteiger partial charge on any atom is 0.258 e. The molecule has 0 unspecified atom stereocenters. The van der Waals surface area contributed by atoms with Crippen LogP contribution < -0.4 is 10.1 Å². The number of halogens is 2. The maximum atomic E-state index is 13.5. The van der Waals surface area contributed by atoms with Crippen LogP contribution in [0.4, 0.5) is 14.5 Å². The molecule has 0 radical (unpaired) electrons. The Morgan fingerprint density at radius 2 is 1.86 bits per heavy atom. The van der Waals surface area contributed by atoms with Crippen LogP contribution in [0.5, 0.6) is 5.75 Å². The van der Waals surface area contributed by atoms with Crippen molar-refractivity contribution in [2.45, 2.75) is 13.3 Å². The molecular formula is C16H15F2NO2. The first kappa shape index (κ1) is 15.0. The highest BCUT2D eigenvalue weighted by Crippen LogP contribution is 2.17. The number of carbonyl (C=O) groups excluding carboxylic acids is 1. The first-order valence-electron chi connectivity index (χ1n) is 6.59. The molecule has 0 aromatic heterocycles. The van der Waals surface area contributed by atoms with Gasteiger partial charge in [-0.1, -0.05) is 6.92 Å². The number of anilines is 1. The van der Waals surface area contributed by atoms with Crippen molar-refractivity contribution >= 4 is 11.6 Å². The van der Waals surface area contributed by atoms with Crippen molar-refractivity contribution < 1.29 is 18.3 Å². The molecular weight excluding hydrogens is 276 g/mol. The summed E-state index contributed by atoms with van der Waals surface area (Å²) in [6.07, 6.45) is 0.905. The summed E-state index contributed by atoms with van der Waals surface area (Å²) < 4.78 is 31.7. The zero-order chi connectivity index (χ0) is 15.2. The predicted molar refractivity (Wildman–Crippen MR) is 76.5 cm³/mol. The Morgan fingerprint density at radius 1 is 1.14 bits per heavy atom. The number of nitrogens with one attached hydrogen (secondary N) is 1. The number of rotatable bonds is 5. The molecule has 110 valence electrons. The van der Waals surface area contributed by atoms with Gasteiger partial charge in [0.2, 0.25) is 0 Å². The van der Waals surface area contributed by atoms with Crippen molar-refractivity contribution in [3.8, 4) is 5.75 Å². The normalized spacial score (nSPS) is 10.2. The fourth-order valence-electron chi connectivity index (χ4n) is 1.73. The van der Waals surface area contributed by atoms with Crippen LogP contribution in [0.25, 0.3) is 0 Å². The Labute approximate surface area is 121 Å². The van der Waals surface area contributed by atoms with Gasteiger partial charge in [-0.25, -0.2) is 8.78 Å². The number of ether oxygens (including phenoxy) is 1. The molecule has 0 heterocycles. The van der Waals surface area contributed by atoms with Gasteiger partial charge in [0.1, 0.15) is 17.4 Å². The molecule has 2 aromatic rings. The molecule has 0 atom stereocenters. The van der Waals surface area contributed by atoms with E-state index in [2.05, 4.69) is 5.32 Å². The van der Waals surface area contributed by atoms with Gasteiger partial charge in [-0.3, -0.25) is 4.79 Å². The number of benzene rings is 2. The van der Waals surface area contributed by atoms with Crippen LogP contribution in [0.2, 0.25) is 0 Å². The first-order chi connectivity index (χ1) is 10.1. The second-order valence-electron chi connectivity index (χ2n) is 4.45. The van der Waals surface area contributed by atoms with Crippen molar-refractivity contribution in [2.24, 2.45) is 0 Å². The molecule has 0 aliphatic carbocycles. The SMILES string of the molecule is CCCOc1ccc(NC(=O)c2ccc(F)cc2F)cc1. The Kier molecular flexibility index (Phi) is 4.87. The van der Waals surface area contributed by atoms with E-state index in [1.807, 2.05) is 6.92 Å². The molecule has 1 amide bonds. The molecule has 2 rings (SSSR count). The summed E-state index contributed by atoms with van der Waals surface area (Å²) in [5.41, 5.74) is 0.301. The molecule has 0 spiro atoms. The van der Waals surface area contributed by atoms with E-state index < -0.39 is 17.5 Å². The summed E-state index contributed by atoms with van der Waals surface area (Å²) in [5.74, 6) is -1.55. The van der Waals surface area contributed by atoms with Gasteiger partial charge in [0.15, 0.2) is 0 Å². The number of hydrogen-bond acceptors (Lipinski definition) is 2. The minimum absolute atomic E-state index is 0.206. The van der Waals surface area contributed by atoms with Gasteiger partial charge in [0.05, 0.1) is 12.2 Å². The molecule has 0 aliphatic rings. The lowest BCUT2D eigenvalue weighted by Gasteiger charge is -2.08. The van der Waals surface area contributed by atoms with E-state index in [0.29, 0.717) is 24.1 Å². The van der Waals surface area contributed by atoms with Crippen molar-refractivity contribution in [3.63, 3.8) is 0 Å².